The molecule has 1 amide bonds. The highest BCUT2D eigenvalue weighted by molar-refractivity contribution is 7.98. The highest BCUT2D eigenvalue weighted by Crippen LogP contribution is 2.26. The summed E-state index contributed by atoms with van der Waals surface area (Å²) >= 11 is 3.16. The number of hydrogen-bond donors (Lipinski definition) is 1. The maximum absolute atomic E-state index is 12.1. The van der Waals surface area contributed by atoms with Gasteiger partial charge >= 0.3 is 0 Å². The van der Waals surface area contributed by atoms with Crippen molar-refractivity contribution in [1.29, 1.82) is 0 Å². The van der Waals surface area contributed by atoms with Gasteiger partial charge in [0.15, 0.2) is 5.13 Å². The summed E-state index contributed by atoms with van der Waals surface area (Å²) in [4.78, 5) is 19.8. The maximum atomic E-state index is 12.1. The van der Waals surface area contributed by atoms with Crippen LogP contribution in [0.4, 0.5) is 5.13 Å². The van der Waals surface area contributed by atoms with Crippen LogP contribution in [-0.4, -0.2) is 55.9 Å². The highest BCUT2D eigenvalue weighted by atomic mass is 32.2. The van der Waals surface area contributed by atoms with Crippen LogP contribution in [0.3, 0.4) is 0 Å². The van der Waals surface area contributed by atoms with Crippen molar-refractivity contribution in [2.24, 2.45) is 0 Å². The van der Waals surface area contributed by atoms with Crippen LogP contribution in [0.5, 0.6) is 0 Å². The van der Waals surface area contributed by atoms with Crippen LogP contribution in [0, 0.1) is 0 Å². The average molecular weight is 366 g/mol. The number of ether oxygens (including phenoxy) is 1. The molecule has 1 heterocycles. The Balaban J connectivity index is 1.87. The molecule has 0 aliphatic rings. The van der Waals surface area contributed by atoms with Gasteiger partial charge in [0.1, 0.15) is 0 Å². The molecule has 0 spiro atoms. The van der Waals surface area contributed by atoms with E-state index in [0.29, 0.717) is 18.3 Å². The molecular weight excluding hydrogens is 342 g/mol. The normalized spacial score (nSPS) is 11.0. The number of rotatable bonds is 9. The summed E-state index contributed by atoms with van der Waals surface area (Å²) in [7, 11) is 3.61. The van der Waals surface area contributed by atoms with Gasteiger partial charge in [0.25, 0.3) is 0 Å². The number of carbonyl (C=O) groups is 1. The Kier molecular flexibility index (Phi) is 7.71. The van der Waals surface area contributed by atoms with E-state index in [2.05, 4.69) is 40.8 Å². The van der Waals surface area contributed by atoms with E-state index in [-0.39, 0.29) is 5.91 Å². The first-order valence-electron chi connectivity index (χ1n) is 7.69. The van der Waals surface area contributed by atoms with Gasteiger partial charge in [-0.1, -0.05) is 12.1 Å². The standard InChI is InChI=1S/C17H23N3O2S2/c1-20(9-4-10-22-2)11-16(21)19-17-18-15(12-24-17)13-5-7-14(23-3)8-6-13/h5-8,12H,4,9-11H2,1-3H3,(H,18,19,21). The maximum Gasteiger partial charge on any atom is 0.240 e. The van der Waals surface area contributed by atoms with E-state index < -0.39 is 0 Å². The smallest absolute Gasteiger partial charge is 0.240 e. The van der Waals surface area contributed by atoms with E-state index in [1.54, 1.807) is 18.9 Å². The van der Waals surface area contributed by atoms with Gasteiger partial charge in [0.2, 0.25) is 5.91 Å². The number of nitrogens with zero attached hydrogens (tertiary/aromatic N) is 2. The zero-order valence-corrected chi connectivity index (χ0v) is 15.9. The second kappa shape index (κ2) is 9.78. The summed E-state index contributed by atoms with van der Waals surface area (Å²) in [5, 5.41) is 5.47. The van der Waals surface area contributed by atoms with Crippen molar-refractivity contribution in [3.05, 3.63) is 29.6 Å². The lowest BCUT2D eigenvalue weighted by Gasteiger charge is -2.15. The molecule has 5 nitrogen and oxygen atoms in total. The van der Waals surface area contributed by atoms with E-state index in [1.807, 2.05) is 17.3 Å². The van der Waals surface area contributed by atoms with Crippen molar-refractivity contribution in [2.75, 3.05) is 45.4 Å². The molecule has 1 aromatic heterocycles. The molecule has 1 aromatic carbocycles. The van der Waals surface area contributed by atoms with Crippen molar-refractivity contribution in [3.8, 4) is 11.3 Å². The quantitative estimate of drug-likeness (QED) is 0.545. The first kappa shape index (κ1) is 18.9. The summed E-state index contributed by atoms with van der Waals surface area (Å²) in [6, 6.07) is 8.26. The van der Waals surface area contributed by atoms with Crippen molar-refractivity contribution < 1.29 is 9.53 Å². The minimum Gasteiger partial charge on any atom is -0.385 e. The molecule has 0 saturated heterocycles. The molecule has 0 fully saturated rings. The number of benzene rings is 1. The van der Waals surface area contributed by atoms with Gasteiger partial charge < -0.3 is 10.1 Å². The molecule has 2 rings (SSSR count). The lowest BCUT2D eigenvalue weighted by Crippen LogP contribution is -2.31. The predicted octanol–water partition coefficient (Wildman–Crippen LogP) is 3.44. The molecule has 0 saturated carbocycles. The number of carbonyl (C=O) groups excluding carboxylic acids is 1. The summed E-state index contributed by atoms with van der Waals surface area (Å²) in [6.07, 6.45) is 2.96. The number of thiazole rings is 1. The second-order valence-electron chi connectivity index (χ2n) is 5.40. The first-order valence-corrected chi connectivity index (χ1v) is 9.80. The molecular formula is C17H23N3O2S2. The Morgan fingerprint density at radius 1 is 1.38 bits per heavy atom. The fourth-order valence-electron chi connectivity index (χ4n) is 2.19. The number of likely N-dealkylation sites (N-methyl/N-ethyl adjacent to an activating group) is 1. The van der Waals surface area contributed by atoms with Crippen LogP contribution in [-0.2, 0) is 9.53 Å². The fourth-order valence-corrected chi connectivity index (χ4v) is 3.33. The minimum absolute atomic E-state index is 0.0476. The van der Waals surface area contributed by atoms with Gasteiger partial charge in [0, 0.05) is 36.1 Å². The third-order valence-electron chi connectivity index (χ3n) is 3.44. The summed E-state index contributed by atoms with van der Waals surface area (Å²) in [5.74, 6) is -0.0476. The molecule has 0 radical (unpaired) electrons. The largest absolute Gasteiger partial charge is 0.385 e. The molecule has 130 valence electrons. The van der Waals surface area contributed by atoms with Crippen molar-refractivity contribution >= 4 is 34.1 Å². The second-order valence-corrected chi connectivity index (χ2v) is 7.14. The Bertz CT molecular complexity index is 644. The predicted molar refractivity (Wildman–Crippen MR) is 102 cm³/mol. The average Bonchev–Trinajstić information content (AvgIpc) is 3.03. The van der Waals surface area contributed by atoms with Crippen LogP contribution in [0.15, 0.2) is 34.5 Å². The molecule has 1 N–H and O–H groups in total. The summed E-state index contributed by atoms with van der Waals surface area (Å²) < 4.78 is 5.02. The Hall–Kier alpha value is -1.41. The topological polar surface area (TPSA) is 54.5 Å². The van der Waals surface area contributed by atoms with Crippen molar-refractivity contribution in [3.63, 3.8) is 0 Å². The van der Waals surface area contributed by atoms with Crippen LogP contribution >= 0.6 is 23.1 Å². The van der Waals surface area contributed by atoms with E-state index in [9.17, 15) is 4.79 Å². The summed E-state index contributed by atoms with van der Waals surface area (Å²) in [5.41, 5.74) is 1.94. The van der Waals surface area contributed by atoms with Crippen LogP contribution in [0.1, 0.15) is 6.42 Å². The molecule has 2 aromatic rings. The SMILES string of the molecule is COCCCN(C)CC(=O)Nc1nc(-c2ccc(SC)cc2)cs1. The number of anilines is 1. The monoisotopic (exact) mass is 365 g/mol. The molecule has 0 unspecified atom stereocenters. The molecule has 0 bridgehead atoms. The van der Waals surface area contributed by atoms with E-state index in [1.165, 1.54) is 16.2 Å². The number of hydrogen-bond acceptors (Lipinski definition) is 6. The first-order chi connectivity index (χ1) is 11.6. The molecule has 7 heteroatoms. The van der Waals surface area contributed by atoms with Crippen molar-refractivity contribution in [2.45, 2.75) is 11.3 Å². The van der Waals surface area contributed by atoms with Crippen molar-refractivity contribution in [1.82, 2.24) is 9.88 Å². The number of methoxy groups -OCH3 is 1. The van der Waals surface area contributed by atoms with E-state index in [0.717, 1.165) is 24.2 Å². The Morgan fingerprint density at radius 2 is 2.12 bits per heavy atom. The third kappa shape index (κ3) is 5.90. The lowest BCUT2D eigenvalue weighted by atomic mass is 10.2. The number of nitrogens with one attached hydrogen (secondary N) is 1. The number of amides is 1. The number of aromatic nitrogens is 1. The van der Waals surface area contributed by atoms with Gasteiger partial charge in [-0.05, 0) is 31.9 Å². The van der Waals surface area contributed by atoms with Crippen LogP contribution in [0.2, 0.25) is 0 Å². The van der Waals surface area contributed by atoms with Gasteiger partial charge in [-0.15, -0.1) is 23.1 Å². The van der Waals surface area contributed by atoms with Crippen LogP contribution < -0.4 is 5.32 Å². The van der Waals surface area contributed by atoms with Gasteiger partial charge in [-0.3, -0.25) is 9.69 Å². The zero-order valence-electron chi connectivity index (χ0n) is 14.2. The molecule has 24 heavy (non-hydrogen) atoms. The fraction of sp³-hybridized carbons (Fsp3) is 0.412. The Labute approximate surface area is 151 Å². The molecule has 0 aliphatic heterocycles. The minimum atomic E-state index is -0.0476. The van der Waals surface area contributed by atoms with Gasteiger partial charge in [0.05, 0.1) is 12.2 Å². The number of thioether (sulfide) groups is 1. The van der Waals surface area contributed by atoms with Gasteiger partial charge in [-0.25, -0.2) is 4.98 Å². The van der Waals surface area contributed by atoms with Crippen LogP contribution in [0.25, 0.3) is 11.3 Å². The van der Waals surface area contributed by atoms with E-state index >= 15 is 0 Å². The lowest BCUT2D eigenvalue weighted by molar-refractivity contribution is -0.117. The highest BCUT2D eigenvalue weighted by Gasteiger charge is 2.10. The molecule has 0 aliphatic carbocycles. The third-order valence-corrected chi connectivity index (χ3v) is 4.94. The Morgan fingerprint density at radius 3 is 2.79 bits per heavy atom. The molecule has 0 atom stereocenters. The summed E-state index contributed by atoms with van der Waals surface area (Å²) in [6.45, 7) is 1.88. The van der Waals surface area contributed by atoms with E-state index in [4.69, 9.17) is 4.74 Å². The van der Waals surface area contributed by atoms with Gasteiger partial charge in [-0.2, -0.15) is 0 Å². The zero-order chi connectivity index (χ0) is 17.4.